The average Bonchev–Trinajstić information content (AvgIpc) is 3.85. The number of hydrogen-bond donors (Lipinski definition) is 0. The van der Waals surface area contributed by atoms with Gasteiger partial charge in [-0.1, -0.05) is 146 Å². The molecule has 0 saturated heterocycles. The zero-order valence-corrected chi connectivity index (χ0v) is 30.1. The van der Waals surface area contributed by atoms with Crippen molar-refractivity contribution in [2.75, 3.05) is 0 Å². The molecule has 0 atom stereocenters. The van der Waals surface area contributed by atoms with Crippen molar-refractivity contribution in [3.05, 3.63) is 188 Å². The second kappa shape index (κ2) is 13.0. The fourth-order valence-corrected chi connectivity index (χ4v) is 7.75. The van der Waals surface area contributed by atoms with Gasteiger partial charge in [0.1, 0.15) is 22.3 Å². The van der Waals surface area contributed by atoms with Gasteiger partial charge in [0.15, 0.2) is 17.5 Å². The molecular weight excluding hydrogens is 687 g/mol. The summed E-state index contributed by atoms with van der Waals surface area (Å²) in [4.78, 5) is 15.0. The first-order valence-electron chi connectivity index (χ1n) is 18.7. The molecule has 0 N–H and O–H groups in total. The fourth-order valence-electron chi connectivity index (χ4n) is 7.75. The van der Waals surface area contributed by atoms with E-state index in [0.29, 0.717) is 17.5 Å². The molecule has 11 rings (SSSR count). The lowest BCUT2D eigenvalue weighted by atomic mass is 9.96. The van der Waals surface area contributed by atoms with Gasteiger partial charge in [0.05, 0.1) is 0 Å². The van der Waals surface area contributed by atoms with Crippen LogP contribution in [0.25, 0.3) is 111 Å². The molecule has 8 aromatic carbocycles. The maximum atomic E-state index is 6.49. The van der Waals surface area contributed by atoms with Gasteiger partial charge in [-0.3, -0.25) is 0 Å². The molecule has 262 valence electrons. The summed E-state index contributed by atoms with van der Waals surface area (Å²) in [6, 6.07) is 64.7. The number of benzene rings is 8. The van der Waals surface area contributed by atoms with E-state index in [1.165, 1.54) is 11.1 Å². The Kier molecular flexibility index (Phi) is 7.42. The van der Waals surface area contributed by atoms with Crippen LogP contribution in [0, 0.1) is 0 Å². The van der Waals surface area contributed by atoms with Gasteiger partial charge in [-0.05, 0) is 75.8 Å². The predicted octanol–water partition coefficient (Wildman–Crippen LogP) is 13.7. The largest absolute Gasteiger partial charge is 0.456 e. The third kappa shape index (κ3) is 5.53. The Bertz CT molecular complexity index is 3220. The third-order valence-electron chi connectivity index (χ3n) is 10.6. The van der Waals surface area contributed by atoms with Gasteiger partial charge < -0.3 is 8.83 Å². The number of rotatable bonds is 6. The first-order valence-corrected chi connectivity index (χ1v) is 18.7. The van der Waals surface area contributed by atoms with Crippen LogP contribution in [0.4, 0.5) is 0 Å². The Labute approximate surface area is 322 Å². The molecule has 0 radical (unpaired) electrons. The summed E-state index contributed by atoms with van der Waals surface area (Å²) in [5, 5.41) is 4.27. The number of hydrogen-bond acceptors (Lipinski definition) is 5. The molecule has 3 heterocycles. The molecule has 0 aliphatic heterocycles. The fraction of sp³-hybridized carbons (Fsp3) is 0. The van der Waals surface area contributed by atoms with E-state index in [1.807, 2.05) is 72.8 Å². The van der Waals surface area contributed by atoms with Crippen LogP contribution < -0.4 is 0 Å². The molecule has 3 aromatic heterocycles. The van der Waals surface area contributed by atoms with Gasteiger partial charge in [0.25, 0.3) is 0 Å². The third-order valence-corrected chi connectivity index (χ3v) is 10.6. The van der Waals surface area contributed by atoms with Crippen LogP contribution in [-0.2, 0) is 0 Å². The maximum absolute atomic E-state index is 6.49. The average molecular weight is 718 g/mol. The minimum Gasteiger partial charge on any atom is -0.456 e. The highest BCUT2D eigenvalue weighted by atomic mass is 16.3. The summed E-state index contributed by atoms with van der Waals surface area (Å²) >= 11 is 0. The van der Waals surface area contributed by atoms with Gasteiger partial charge in [0.2, 0.25) is 0 Å². The highest BCUT2D eigenvalue weighted by Gasteiger charge is 2.17. The Morgan fingerprint density at radius 1 is 0.268 bits per heavy atom. The second-order valence-corrected chi connectivity index (χ2v) is 14.0. The summed E-state index contributed by atoms with van der Waals surface area (Å²) in [7, 11) is 0. The van der Waals surface area contributed by atoms with Crippen LogP contribution in [0.2, 0.25) is 0 Å². The molecule has 0 fully saturated rings. The van der Waals surface area contributed by atoms with Gasteiger partial charge in [0, 0.05) is 38.2 Å². The summed E-state index contributed by atoms with van der Waals surface area (Å²) in [6.07, 6.45) is 0. The first-order chi connectivity index (χ1) is 27.7. The molecule has 0 aliphatic carbocycles. The second-order valence-electron chi connectivity index (χ2n) is 14.0. The SMILES string of the molecule is c1ccc(-c2ccc(-c3ccc4c(c3)oc3cccc(-c5ccc(-c6nc(-c7ccccc7)nc(-c7ccc8oc9ccccc9c8c7)n6)cc5)c34)cc2)cc1. The van der Waals surface area contributed by atoms with Crippen molar-refractivity contribution in [1.82, 2.24) is 15.0 Å². The van der Waals surface area contributed by atoms with Crippen molar-refractivity contribution in [1.29, 1.82) is 0 Å². The zero-order valence-electron chi connectivity index (χ0n) is 30.1. The van der Waals surface area contributed by atoms with Crippen LogP contribution in [0.3, 0.4) is 0 Å². The van der Waals surface area contributed by atoms with E-state index in [1.54, 1.807) is 0 Å². The van der Waals surface area contributed by atoms with Crippen molar-refractivity contribution in [3.8, 4) is 67.5 Å². The standard InChI is InChI=1S/C51H31N3O2/c1-3-10-32(11-4-1)33-18-20-34(21-19-33)38-26-28-42-47(31-38)56-46-17-9-15-40(48(42)46)35-22-24-37(25-23-35)50-52-49(36-12-5-2-6-13-36)53-51(54-50)39-27-29-45-43(30-39)41-14-7-8-16-44(41)55-45/h1-31H. The quantitative estimate of drug-likeness (QED) is 0.171. The molecule has 0 spiro atoms. The van der Waals surface area contributed by atoms with Crippen molar-refractivity contribution in [2.24, 2.45) is 0 Å². The highest BCUT2D eigenvalue weighted by molar-refractivity contribution is 6.13. The van der Waals surface area contributed by atoms with E-state index in [0.717, 1.165) is 82.8 Å². The van der Waals surface area contributed by atoms with Gasteiger partial charge in [-0.15, -0.1) is 0 Å². The van der Waals surface area contributed by atoms with Crippen LogP contribution >= 0.6 is 0 Å². The molecule has 5 heteroatoms. The minimum absolute atomic E-state index is 0.603. The molecule has 5 nitrogen and oxygen atoms in total. The molecule has 11 aromatic rings. The molecular formula is C51H31N3O2. The lowest BCUT2D eigenvalue weighted by Crippen LogP contribution is -2.00. The van der Waals surface area contributed by atoms with Crippen LogP contribution in [0.5, 0.6) is 0 Å². The Morgan fingerprint density at radius 3 is 1.52 bits per heavy atom. The van der Waals surface area contributed by atoms with E-state index in [4.69, 9.17) is 23.8 Å². The molecule has 0 unspecified atom stereocenters. The van der Waals surface area contributed by atoms with E-state index >= 15 is 0 Å². The lowest BCUT2D eigenvalue weighted by molar-refractivity contribution is 0.668. The number of fused-ring (bicyclic) bond motifs is 6. The first kappa shape index (κ1) is 31.9. The van der Waals surface area contributed by atoms with Crippen LogP contribution in [-0.4, -0.2) is 15.0 Å². The molecule has 0 bridgehead atoms. The van der Waals surface area contributed by atoms with E-state index in [-0.39, 0.29) is 0 Å². The van der Waals surface area contributed by atoms with Crippen molar-refractivity contribution in [3.63, 3.8) is 0 Å². The van der Waals surface area contributed by atoms with Crippen molar-refractivity contribution in [2.45, 2.75) is 0 Å². The lowest BCUT2D eigenvalue weighted by Gasteiger charge is -2.10. The predicted molar refractivity (Wildman–Crippen MR) is 227 cm³/mol. The smallest absolute Gasteiger partial charge is 0.164 e. The molecule has 0 aliphatic rings. The number of para-hydroxylation sites is 1. The van der Waals surface area contributed by atoms with Gasteiger partial charge in [-0.2, -0.15) is 0 Å². The van der Waals surface area contributed by atoms with E-state index in [2.05, 4.69) is 115 Å². The minimum atomic E-state index is 0.603. The Morgan fingerprint density at radius 2 is 0.768 bits per heavy atom. The molecule has 56 heavy (non-hydrogen) atoms. The van der Waals surface area contributed by atoms with Crippen molar-refractivity contribution < 1.29 is 8.83 Å². The maximum Gasteiger partial charge on any atom is 0.164 e. The van der Waals surface area contributed by atoms with E-state index in [9.17, 15) is 0 Å². The number of aromatic nitrogens is 3. The molecule has 0 saturated carbocycles. The highest BCUT2D eigenvalue weighted by Crippen LogP contribution is 2.39. The Hall–Kier alpha value is -7.63. The van der Waals surface area contributed by atoms with Crippen molar-refractivity contribution >= 4 is 43.9 Å². The zero-order chi connectivity index (χ0) is 37.0. The Balaban J connectivity index is 0.958. The van der Waals surface area contributed by atoms with Crippen LogP contribution in [0.15, 0.2) is 197 Å². The van der Waals surface area contributed by atoms with E-state index < -0.39 is 0 Å². The summed E-state index contributed by atoms with van der Waals surface area (Å²) in [6.45, 7) is 0. The summed E-state index contributed by atoms with van der Waals surface area (Å²) < 4.78 is 12.6. The van der Waals surface area contributed by atoms with Gasteiger partial charge in [-0.25, -0.2) is 15.0 Å². The number of furan rings is 2. The monoisotopic (exact) mass is 717 g/mol. The normalized spacial score (nSPS) is 11.6. The topological polar surface area (TPSA) is 65.0 Å². The van der Waals surface area contributed by atoms with Gasteiger partial charge >= 0.3 is 0 Å². The number of nitrogens with zero attached hydrogens (tertiary/aromatic N) is 3. The van der Waals surface area contributed by atoms with Crippen LogP contribution in [0.1, 0.15) is 0 Å². The summed E-state index contributed by atoms with van der Waals surface area (Å²) in [5.41, 5.74) is 13.0. The molecule has 0 amide bonds. The summed E-state index contributed by atoms with van der Waals surface area (Å²) in [5.74, 6) is 1.83.